The number of nitrogens with zero attached hydrogens (tertiary/aromatic N) is 1. The molecule has 1 aliphatic heterocycles. The molecule has 0 bridgehead atoms. The number of carbonyl (C=O) groups is 1. The summed E-state index contributed by atoms with van der Waals surface area (Å²) in [5, 5.41) is 3.21. The van der Waals surface area contributed by atoms with Gasteiger partial charge in [0, 0.05) is 18.8 Å². The van der Waals surface area contributed by atoms with Gasteiger partial charge in [0.05, 0.1) is 0 Å². The van der Waals surface area contributed by atoms with Gasteiger partial charge in [-0.1, -0.05) is 30.3 Å². The summed E-state index contributed by atoms with van der Waals surface area (Å²) in [4.78, 5) is 17.9. The van der Waals surface area contributed by atoms with E-state index in [1.807, 2.05) is 54.4 Å². The van der Waals surface area contributed by atoms with Gasteiger partial charge in [-0.05, 0) is 56.5 Å². The zero-order valence-electron chi connectivity index (χ0n) is 14.1. The highest BCUT2D eigenvalue weighted by Gasteiger charge is 2.24. The molecule has 2 aromatic rings. The molecule has 2 N–H and O–H groups in total. The van der Waals surface area contributed by atoms with Crippen LogP contribution < -0.4 is 5.32 Å². The van der Waals surface area contributed by atoms with E-state index in [9.17, 15) is 4.79 Å². The molecule has 0 unspecified atom stereocenters. The molecular formula is C19H26ClN3O. The van der Waals surface area contributed by atoms with E-state index in [0.717, 1.165) is 49.7 Å². The molecule has 3 rings (SSSR count). The van der Waals surface area contributed by atoms with Crippen LogP contribution in [-0.2, 0) is 0 Å². The summed E-state index contributed by atoms with van der Waals surface area (Å²) in [5.41, 5.74) is 2.80. The maximum absolute atomic E-state index is 12.6. The monoisotopic (exact) mass is 347 g/mol. The fourth-order valence-electron chi connectivity index (χ4n) is 3.25. The lowest BCUT2D eigenvalue weighted by molar-refractivity contribution is 0.0682. The number of carbonyl (C=O) groups excluding carboxylic acids is 1. The van der Waals surface area contributed by atoms with Crippen LogP contribution in [0.25, 0.3) is 11.3 Å². The molecule has 0 radical (unpaired) electrons. The van der Waals surface area contributed by atoms with E-state index in [2.05, 4.69) is 10.3 Å². The molecule has 0 aliphatic carbocycles. The van der Waals surface area contributed by atoms with Gasteiger partial charge in [-0.25, -0.2) is 0 Å². The van der Waals surface area contributed by atoms with E-state index in [1.165, 1.54) is 6.42 Å². The summed E-state index contributed by atoms with van der Waals surface area (Å²) in [6, 6.07) is 14.0. The number of hydrogen-bond donors (Lipinski definition) is 2. The Bertz CT molecular complexity index is 633. The third kappa shape index (κ3) is 4.40. The number of halogens is 1. The Morgan fingerprint density at radius 1 is 1.17 bits per heavy atom. The van der Waals surface area contributed by atoms with E-state index < -0.39 is 0 Å². The van der Waals surface area contributed by atoms with Crippen molar-refractivity contribution in [2.45, 2.75) is 19.3 Å². The van der Waals surface area contributed by atoms with Crippen LogP contribution in [0.2, 0.25) is 0 Å². The number of piperidine rings is 1. The summed E-state index contributed by atoms with van der Waals surface area (Å²) < 4.78 is 0. The lowest BCUT2D eigenvalue weighted by Gasteiger charge is -2.31. The molecule has 2 heterocycles. The number of H-pyrrole nitrogens is 1. The predicted molar refractivity (Wildman–Crippen MR) is 101 cm³/mol. The van der Waals surface area contributed by atoms with E-state index in [1.54, 1.807) is 0 Å². The molecule has 0 saturated carbocycles. The third-order valence-corrected chi connectivity index (χ3v) is 4.71. The molecule has 4 nitrogen and oxygen atoms in total. The van der Waals surface area contributed by atoms with E-state index in [4.69, 9.17) is 0 Å². The van der Waals surface area contributed by atoms with Gasteiger partial charge in [0.25, 0.3) is 5.91 Å². The minimum absolute atomic E-state index is 0. The first kappa shape index (κ1) is 18.6. The highest BCUT2D eigenvalue weighted by Crippen LogP contribution is 2.23. The molecule has 5 heteroatoms. The average Bonchev–Trinajstić information content (AvgIpc) is 3.11. The Labute approximate surface area is 150 Å². The number of aromatic amines is 1. The van der Waals surface area contributed by atoms with E-state index in [0.29, 0.717) is 5.69 Å². The van der Waals surface area contributed by atoms with Gasteiger partial charge in [0.2, 0.25) is 0 Å². The Hall–Kier alpha value is -1.78. The molecule has 0 spiro atoms. The normalized spacial score (nSPS) is 15.1. The summed E-state index contributed by atoms with van der Waals surface area (Å²) in [5.74, 6) is 0.870. The second-order valence-electron chi connectivity index (χ2n) is 6.28. The minimum atomic E-state index is 0. The maximum atomic E-state index is 12.6. The van der Waals surface area contributed by atoms with Gasteiger partial charge in [-0.15, -0.1) is 12.4 Å². The van der Waals surface area contributed by atoms with Crippen LogP contribution in [0.3, 0.4) is 0 Å². The molecule has 24 heavy (non-hydrogen) atoms. The molecule has 1 aliphatic rings. The van der Waals surface area contributed by atoms with Crippen LogP contribution in [0.15, 0.2) is 42.5 Å². The Kier molecular flexibility index (Phi) is 6.88. The van der Waals surface area contributed by atoms with Crippen molar-refractivity contribution in [3.63, 3.8) is 0 Å². The first-order valence-corrected chi connectivity index (χ1v) is 8.46. The number of benzene rings is 1. The van der Waals surface area contributed by atoms with Gasteiger partial charge < -0.3 is 15.2 Å². The zero-order valence-corrected chi connectivity index (χ0v) is 14.9. The van der Waals surface area contributed by atoms with Crippen LogP contribution in [0.1, 0.15) is 29.8 Å². The van der Waals surface area contributed by atoms with Crippen molar-refractivity contribution in [2.24, 2.45) is 5.92 Å². The highest BCUT2D eigenvalue weighted by molar-refractivity contribution is 5.93. The third-order valence-electron chi connectivity index (χ3n) is 4.71. The molecule has 1 aromatic carbocycles. The average molecular weight is 348 g/mol. The summed E-state index contributed by atoms with van der Waals surface area (Å²) >= 11 is 0. The van der Waals surface area contributed by atoms with Gasteiger partial charge in [-0.3, -0.25) is 4.79 Å². The fourth-order valence-corrected chi connectivity index (χ4v) is 3.25. The molecule has 0 atom stereocenters. The first-order valence-electron chi connectivity index (χ1n) is 8.46. The second kappa shape index (κ2) is 8.90. The van der Waals surface area contributed by atoms with Crippen LogP contribution in [0.4, 0.5) is 0 Å². The van der Waals surface area contributed by atoms with Crippen molar-refractivity contribution in [1.29, 1.82) is 0 Å². The Morgan fingerprint density at radius 3 is 2.54 bits per heavy atom. The Morgan fingerprint density at radius 2 is 1.88 bits per heavy atom. The predicted octanol–water partition coefficient (Wildman–Crippen LogP) is 3.57. The second-order valence-corrected chi connectivity index (χ2v) is 6.28. The molecule has 130 valence electrons. The Balaban J connectivity index is 0.00000208. The van der Waals surface area contributed by atoms with Gasteiger partial charge in [0.15, 0.2) is 0 Å². The van der Waals surface area contributed by atoms with Crippen molar-refractivity contribution < 1.29 is 4.79 Å². The summed E-state index contributed by atoms with van der Waals surface area (Å²) in [6.45, 7) is 2.80. The van der Waals surface area contributed by atoms with Crippen LogP contribution in [0.5, 0.6) is 0 Å². The lowest BCUT2D eigenvalue weighted by atomic mass is 9.93. The minimum Gasteiger partial charge on any atom is -0.351 e. The number of nitrogens with one attached hydrogen (secondary N) is 2. The van der Waals surface area contributed by atoms with Gasteiger partial charge in [-0.2, -0.15) is 0 Å². The maximum Gasteiger partial charge on any atom is 0.270 e. The first-order chi connectivity index (χ1) is 11.3. The van der Waals surface area contributed by atoms with Crippen molar-refractivity contribution in [2.75, 3.05) is 26.7 Å². The molecule has 1 fully saturated rings. The highest BCUT2D eigenvalue weighted by atomic mass is 35.5. The largest absolute Gasteiger partial charge is 0.351 e. The number of rotatable bonds is 5. The van der Waals surface area contributed by atoms with Crippen LogP contribution in [-0.4, -0.2) is 42.5 Å². The number of aromatic nitrogens is 1. The standard InChI is InChI=1S/C19H25N3O.ClH/c1-20-12-9-15-10-13-22(14-11-15)19(23)18-8-7-17(21-18)16-5-3-2-4-6-16;/h2-8,15,20-21H,9-14H2,1H3;1H. The van der Waals surface area contributed by atoms with Gasteiger partial charge >= 0.3 is 0 Å². The number of hydrogen-bond acceptors (Lipinski definition) is 2. The van der Waals surface area contributed by atoms with Gasteiger partial charge in [0.1, 0.15) is 5.69 Å². The smallest absolute Gasteiger partial charge is 0.270 e. The molecule has 1 aromatic heterocycles. The van der Waals surface area contributed by atoms with Crippen LogP contribution >= 0.6 is 12.4 Å². The lowest BCUT2D eigenvalue weighted by Crippen LogP contribution is -2.39. The molecule has 1 amide bonds. The van der Waals surface area contributed by atoms with Crippen LogP contribution in [0, 0.1) is 5.92 Å². The van der Waals surface area contributed by atoms with Crippen molar-refractivity contribution >= 4 is 18.3 Å². The SMILES string of the molecule is CNCCC1CCN(C(=O)c2ccc(-c3ccccc3)[nH]2)CC1.Cl. The molecule has 1 saturated heterocycles. The fraction of sp³-hybridized carbons (Fsp3) is 0.421. The van der Waals surface area contributed by atoms with Crippen molar-refractivity contribution in [3.05, 3.63) is 48.2 Å². The van der Waals surface area contributed by atoms with Crippen molar-refractivity contribution in [3.8, 4) is 11.3 Å². The number of amides is 1. The van der Waals surface area contributed by atoms with E-state index in [-0.39, 0.29) is 18.3 Å². The quantitative estimate of drug-likeness (QED) is 0.868. The van der Waals surface area contributed by atoms with E-state index >= 15 is 0 Å². The summed E-state index contributed by atoms with van der Waals surface area (Å²) in [6.07, 6.45) is 3.43. The topological polar surface area (TPSA) is 48.1 Å². The van der Waals surface area contributed by atoms with Crippen molar-refractivity contribution in [1.82, 2.24) is 15.2 Å². The zero-order chi connectivity index (χ0) is 16.1. The number of likely N-dealkylation sites (tertiary alicyclic amines) is 1. The molecular weight excluding hydrogens is 322 g/mol. The summed E-state index contributed by atoms with van der Waals surface area (Å²) in [7, 11) is 1.99.